The van der Waals surface area contributed by atoms with Gasteiger partial charge in [0.15, 0.2) is 5.82 Å². The van der Waals surface area contributed by atoms with Crippen LogP contribution in [0.15, 0.2) is 70.4 Å². The number of aryl methyl sites for hydroxylation is 1. The molecular weight excluding hydrogens is 587 g/mol. The third kappa shape index (κ3) is 5.86. The second-order valence-corrected chi connectivity index (χ2v) is 14.2. The number of ether oxygens (including phenoxy) is 2. The van der Waals surface area contributed by atoms with Gasteiger partial charge in [-0.05, 0) is 63.1 Å². The van der Waals surface area contributed by atoms with Crippen LogP contribution in [0.25, 0.3) is 11.4 Å². The molecule has 43 heavy (non-hydrogen) atoms. The summed E-state index contributed by atoms with van der Waals surface area (Å²) in [5, 5.41) is 4.50. The standard InChI is InChI=1S/C31H33N5O5S2/c1-21-20-42-30(32-21)43(38,39)31(14-6-7-15-31)26-18-27(36-16-17-40-19-22(36)2)35-28(34-26)23-10-12-24(13-11-23)33-29(37)41-25-8-4-3-5-9-25/h3-5,8-13,18,20,22H,6-7,14-17,19H2,1-2H3,(H,33,37)/t22-/m0/s1. The monoisotopic (exact) mass is 619 g/mol. The van der Waals surface area contributed by atoms with Crippen LogP contribution >= 0.6 is 11.3 Å². The number of amides is 1. The minimum absolute atomic E-state index is 0.0595. The van der Waals surface area contributed by atoms with Gasteiger partial charge in [-0.15, -0.1) is 11.3 Å². The smallest absolute Gasteiger partial charge is 0.410 e. The molecule has 2 aromatic carbocycles. The summed E-state index contributed by atoms with van der Waals surface area (Å²) >= 11 is 1.16. The summed E-state index contributed by atoms with van der Waals surface area (Å²) in [6.45, 7) is 5.61. The van der Waals surface area contributed by atoms with Crippen molar-refractivity contribution in [2.75, 3.05) is 30.0 Å². The highest BCUT2D eigenvalue weighted by atomic mass is 32.2. The van der Waals surface area contributed by atoms with E-state index in [0.29, 0.717) is 72.6 Å². The molecular formula is C31H33N5O5S2. The Balaban J connectivity index is 1.37. The number of sulfone groups is 1. The summed E-state index contributed by atoms with van der Waals surface area (Å²) in [4.78, 5) is 28.8. The van der Waals surface area contributed by atoms with E-state index in [2.05, 4.69) is 22.1 Å². The summed E-state index contributed by atoms with van der Waals surface area (Å²) in [6, 6.07) is 17.8. The zero-order chi connectivity index (χ0) is 30.0. The van der Waals surface area contributed by atoms with Crippen LogP contribution in [0.2, 0.25) is 0 Å². The predicted molar refractivity (Wildman–Crippen MR) is 165 cm³/mol. The van der Waals surface area contributed by atoms with E-state index in [1.54, 1.807) is 48.7 Å². The molecule has 0 bridgehead atoms. The molecule has 224 valence electrons. The maximum atomic E-state index is 14.3. The summed E-state index contributed by atoms with van der Waals surface area (Å²) < 4.78 is 38.4. The largest absolute Gasteiger partial charge is 0.417 e. The molecule has 3 heterocycles. The lowest BCUT2D eigenvalue weighted by Crippen LogP contribution is -2.44. The van der Waals surface area contributed by atoms with Crippen molar-refractivity contribution in [3.05, 3.63) is 77.4 Å². The number of nitrogens with zero attached hydrogens (tertiary/aromatic N) is 4. The maximum Gasteiger partial charge on any atom is 0.417 e. The van der Waals surface area contributed by atoms with Gasteiger partial charge in [0.25, 0.3) is 0 Å². The molecule has 1 atom stereocenters. The Kier molecular flexibility index (Phi) is 8.17. The van der Waals surface area contributed by atoms with E-state index < -0.39 is 20.7 Å². The molecule has 2 aromatic heterocycles. The van der Waals surface area contributed by atoms with Crippen LogP contribution < -0.4 is 15.0 Å². The van der Waals surface area contributed by atoms with Crippen LogP contribution in [0.1, 0.15) is 44.0 Å². The molecule has 6 rings (SSSR count). The van der Waals surface area contributed by atoms with E-state index in [9.17, 15) is 13.2 Å². The second kappa shape index (κ2) is 12.0. The van der Waals surface area contributed by atoms with Crippen molar-refractivity contribution in [3.63, 3.8) is 0 Å². The molecule has 1 N–H and O–H groups in total. The highest BCUT2D eigenvalue weighted by Crippen LogP contribution is 2.49. The quantitative estimate of drug-likeness (QED) is 0.266. The van der Waals surface area contributed by atoms with Crippen LogP contribution in [-0.2, 0) is 19.3 Å². The molecule has 2 aliphatic rings. The van der Waals surface area contributed by atoms with Gasteiger partial charge in [-0.3, -0.25) is 5.32 Å². The van der Waals surface area contributed by atoms with Crippen molar-refractivity contribution in [2.24, 2.45) is 0 Å². The fourth-order valence-electron chi connectivity index (χ4n) is 5.68. The molecule has 4 aromatic rings. The number of hydrogen-bond acceptors (Lipinski definition) is 10. The Hall–Kier alpha value is -3.87. The van der Waals surface area contributed by atoms with Crippen molar-refractivity contribution >= 4 is 38.8 Å². The molecule has 0 spiro atoms. The first-order valence-electron chi connectivity index (χ1n) is 14.3. The lowest BCUT2D eigenvalue weighted by molar-refractivity contribution is 0.0985. The van der Waals surface area contributed by atoms with Gasteiger partial charge in [0.2, 0.25) is 14.2 Å². The minimum Gasteiger partial charge on any atom is -0.410 e. The summed E-state index contributed by atoms with van der Waals surface area (Å²) in [7, 11) is -3.83. The molecule has 10 nitrogen and oxygen atoms in total. The molecule has 1 aliphatic carbocycles. The van der Waals surface area contributed by atoms with Crippen LogP contribution in [0.4, 0.5) is 16.3 Å². The highest BCUT2D eigenvalue weighted by Gasteiger charge is 2.51. The number of para-hydroxylation sites is 1. The van der Waals surface area contributed by atoms with Gasteiger partial charge in [-0.25, -0.2) is 28.2 Å². The van der Waals surface area contributed by atoms with Gasteiger partial charge >= 0.3 is 6.09 Å². The first kappa shape index (κ1) is 29.2. The lowest BCUT2D eigenvalue weighted by atomic mass is 10.0. The zero-order valence-corrected chi connectivity index (χ0v) is 25.7. The van der Waals surface area contributed by atoms with Crippen molar-refractivity contribution in [3.8, 4) is 17.1 Å². The fourth-order valence-corrected chi connectivity index (χ4v) is 9.14. The number of thiazole rings is 1. The number of carbonyl (C=O) groups excluding carboxylic acids is 1. The normalized spacial score (nSPS) is 18.4. The third-order valence-corrected chi connectivity index (χ3v) is 11.8. The molecule has 0 unspecified atom stereocenters. The summed E-state index contributed by atoms with van der Waals surface area (Å²) in [6.07, 6.45) is 1.90. The fraction of sp³-hybridized carbons (Fsp3) is 0.355. The van der Waals surface area contributed by atoms with Gasteiger partial charge in [0.1, 0.15) is 16.3 Å². The van der Waals surface area contributed by atoms with Crippen molar-refractivity contribution < 1.29 is 22.7 Å². The number of morpholine rings is 1. The number of hydrogen-bond donors (Lipinski definition) is 1. The average Bonchev–Trinajstić information content (AvgIpc) is 3.69. The number of nitrogens with one attached hydrogen (secondary N) is 1. The van der Waals surface area contributed by atoms with Crippen molar-refractivity contribution in [1.82, 2.24) is 15.0 Å². The second-order valence-electron chi connectivity index (χ2n) is 10.9. The lowest BCUT2D eigenvalue weighted by Gasteiger charge is -2.35. The van der Waals surface area contributed by atoms with E-state index in [-0.39, 0.29) is 10.4 Å². The van der Waals surface area contributed by atoms with E-state index >= 15 is 0 Å². The molecule has 2 fully saturated rings. The Labute approximate surface area is 255 Å². The molecule has 1 saturated carbocycles. The molecule has 1 saturated heterocycles. The van der Waals surface area contributed by atoms with Gasteiger partial charge in [-0.2, -0.15) is 0 Å². The zero-order valence-electron chi connectivity index (χ0n) is 24.0. The van der Waals surface area contributed by atoms with E-state index in [0.717, 1.165) is 24.2 Å². The van der Waals surface area contributed by atoms with Gasteiger partial charge in [0.05, 0.1) is 24.9 Å². The Morgan fingerprint density at radius 1 is 1.07 bits per heavy atom. The number of carbonyl (C=O) groups is 1. The number of benzene rings is 2. The van der Waals surface area contributed by atoms with Crippen LogP contribution in [0, 0.1) is 6.92 Å². The van der Waals surface area contributed by atoms with Crippen LogP contribution in [-0.4, -0.2) is 55.3 Å². The molecule has 1 amide bonds. The Bertz CT molecular complexity index is 1700. The van der Waals surface area contributed by atoms with Gasteiger partial charge in [-0.1, -0.05) is 31.0 Å². The van der Waals surface area contributed by atoms with E-state index in [1.807, 2.05) is 24.3 Å². The number of anilines is 2. The van der Waals surface area contributed by atoms with Crippen molar-refractivity contribution in [1.29, 1.82) is 0 Å². The van der Waals surface area contributed by atoms with Crippen LogP contribution in [0.5, 0.6) is 5.75 Å². The molecule has 12 heteroatoms. The SMILES string of the molecule is Cc1csc(S(=O)(=O)C2(c3cc(N4CCOC[C@@H]4C)nc(-c4ccc(NC(=O)Oc5ccccc5)cc4)n3)CCCC2)n1. The number of rotatable bonds is 7. The Morgan fingerprint density at radius 3 is 2.49 bits per heavy atom. The average molecular weight is 620 g/mol. The Morgan fingerprint density at radius 2 is 1.81 bits per heavy atom. The predicted octanol–water partition coefficient (Wildman–Crippen LogP) is 5.99. The first-order valence-corrected chi connectivity index (χ1v) is 16.7. The van der Waals surface area contributed by atoms with Crippen LogP contribution in [0.3, 0.4) is 0 Å². The van der Waals surface area contributed by atoms with Crippen molar-refractivity contribution in [2.45, 2.75) is 54.7 Å². The summed E-state index contributed by atoms with van der Waals surface area (Å²) in [5.74, 6) is 1.53. The highest BCUT2D eigenvalue weighted by molar-refractivity contribution is 7.94. The van der Waals surface area contributed by atoms with E-state index in [4.69, 9.17) is 19.4 Å². The summed E-state index contributed by atoms with van der Waals surface area (Å²) in [5.41, 5.74) is 2.41. The third-order valence-electron chi connectivity index (χ3n) is 7.94. The number of aromatic nitrogens is 3. The maximum absolute atomic E-state index is 14.3. The molecule has 0 radical (unpaired) electrons. The van der Waals surface area contributed by atoms with Gasteiger partial charge in [0, 0.05) is 34.9 Å². The van der Waals surface area contributed by atoms with Gasteiger partial charge < -0.3 is 14.4 Å². The molecule has 1 aliphatic heterocycles. The van der Waals surface area contributed by atoms with E-state index in [1.165, 1.54) is 0 Å². The topological polar surface area (TPSA) is 124 Å². The minimum atomic E-state index is -3.83. The first-order chi connectivity index (χ1) is 20.7.